The van der Waals surface area contributed by atoms with Gasteiger partial charge in [-0.05, 0) is 44.7 Å². The molecule has 1 aromatic carbocycles. The average molecular weight is 381 g/mol. The van der Waals surface area contributed by atoms with Crippen molar-refractivity contribution in [2.24, 2.45) is 11.8 Å². The number of allylic oxidation sites excluding steroid dienone is 2. The Bertz CT molecular complexity index is 848. The number of carbonyl (C=O) groups excluding carboxylic acids is 4. The largest absolute Gasteiger partial charge is 0.349 e. The Morgan fingerprint density at radius 3 is 2.25 bits per heavy atom. The molecule has 0 bridgehead atoms. The van der Waals surface area contributed by atoms with E-state index in [9.17, 15) is 19.2 Å². The van der Waals surface area contributed by atoms with Crippen molar-refractivity contribution in [3.8, 4) is 0 Å². The number of benzene rings is 1. The van der Waals surface area contributed by atoms with Crippen molar-refractivity contribution in [3.63, 3.8) is 0 Å². The van der Waals surface area contributed by atoms with Gasteiger partial charge >= 0.3 is 0 Å². The van der Waals surface area contributed by atoms with Crippen LogP contribution in [-0.2, 0) is 14.4 Å². The maximum absolute atomic E-state index is 12.8. The monoisotopic (exact) mass is 381 g/mol. The van der Waals surface area contributed by atoms with E-state index >= 15 is 0 Å². The van der Waals surface area contributed by atoms with Gasteiger partial charge in [-0.25, -0.2) is 0 Å². The van der Waals surface area contributed by atoms with E-state index in [2.05, 4.69) is 10.6 Å². The lowest BCUT2D eigenvalue weighted by Crippen LogP contribution is -2.46. The number of nitrogens with one attached hydrogen (secondary N) is 2. The second kappa shape index (κ2) is 7.22. The van der Waals surface area contributed by atoms with Gasteiger partial charge in [-0.15, -0.1) is 0 Å². The molecule has 3 atom stereocenters. The summed E-state index contributed by atoms with van der Waals surface area (Å²) in [7, 11) is 0. The zero-order valence-electron chi connectivity index (χ0n) is 15.7. The summed E-state index contributed by atoms with van der Waals surface area (Å²) in [5.41, 5.74) is 0.738. The van der Waals surface area contributed by atoms with Crippen LogP contribution in [0.2, 0.25) is 0 Å². The van der Waals surface area contributed by atoms with Gasteiger partial charge in [0.2, 0.25) is 17.7 Å². The molecular weight excluding hydrogens is 358 g/mol. The number of fused-ring (bicyclic) bond motifs is 1. The summed E-state index contributed by atoms with van der Waals surface area (Å²) in [4.78, 5) is 51.7. The number of rotatable bonds is 5. The van der Waals surface area contributed by atoms with Crippen LogP contribution in [-0.4, -0.2) is 40.6 Å². The van der Waals surface area contributed by atoms with E-state index in [4.69, 9.17) is 0 Å². The zero-order chi connectivity index (χ0) is 19.8. The van der Waals surface area contributed by atoms with Crippen LogP contribution < -0.4 is 10.6 Å². The van der Waals surface area contributed by atoms with Crippen LogP contribution in [0.3, 0.4) is 0 Å². The van der Waals surface area contributed by atoms with Gasteiger partial charge in [0, 0.05) is 6.04 Å². The van der Waals surface area contributed by atoms with Gasteiger partial charge in [-0.3, -0.25) is 24.1 Å². The maximum atomic E-state index is 12.8. The van der Waals surface area contributed by atoms with Crippen LogP contribution in [0.4, 0.5) is 5.69 Å². The summed E-state index contributed by atoms with van der Waals surface area (Å²) < 4.78 is 0. The van der Waals surface area contributed by atoms with Crippen LogP contribution in [0.15, 0.2) is 36.4 Å². The summed E-state index contributed by atoms with van der Waals surface area (Å²) in [5, 5.41) is 5.62. The summed E-state index contributed by atoms with van der Waals surface area (Å²) in [6.07, 6.45) is 6.82. The third-order valence-electron chi connectivity index (χ3n) is 5.65. The fourth-order valence-corrected chi connectivity index (χ4v) is 3.84. The van der Waals surface area contributed by atoms with Crippen LogP contribution in [0.5, 0.6) is 0 Å². The lowest BCUT2D eigenvalue weighted by atomic mass is 9.85. The number of hydrogen-bond donors (Lipinski definition) is 2. The van der Waals surface area contributed by atoms with Crippen LogP contribution >= 0.6 is 0 Å². The molecule has 1 heterocycles. The smallest absolute Gasteiger partial charge is 0.253 e. The minimum atomic E-state index is -0.940. The molecule has 1 saturated carbocycles. The van der Waals surface area contributed by atoms with Crippen molar-refractivity contribution in [3.05, 3.63) is 42.0 Å². The first-order valence-corrected chi connectivity index (χ1v) is 9.70. The second-order valence-electron chi connectivity index (χ2n) is 7.66. The quantitative estimate of drug-likeness (QED) is 0.601. The number of nitrogens with zero attached hydrogens (tertiary/aromatic N) is 1. The number of likely N-dealkylation sites (tertiary alicyclic amines) is 1. The highest BCUT2D eigenvalue weighted by Crippen LogP contribution is 2.36. The number of para-hydroxylation sites is 1. The summed E-state index contributed by atoms with van der Waals surface area (Å²) in [6, 6.07) is 6.00. The Hall–Kier alpha value is -2.96. The summed E-state index contributed by atoms with van der Waals surface area (Å²) >= 11 is 0. The van der Waals surface area contributed by atoms with Gasteiger partial charge in [-0.1, -0.05) is 24.3 Å². The topological polar surface area (TPSA) is 95.6 Å². The van der Waals surface area contributed by atoms with E-state index in [0.717, 1.165) is 17.7 Å². The average Bonchev–Trinajstić information content (AvgIpc) is 3.47. The summed E-state index contributed by atoms with van der Waals surface area (Å²) in [6.45, 7) is 1.54. The SMILES string of the molecule is C[C@@H](C(=O)Nc1ccccc1C(=O)NC1CC1)N1C(=O)[C@H]2CC=CC[C@@H]2C1=O. The molecule has 4 amide bonds. The molecule has 2 fully saturated rings. The third-order valence-corrected chi connectivity index (χ3v) is 5.65. The molecular formula is C21H23N3O4. The van der Waals surface area contributed by atoms with Crippen molar-refractivity contribution in [1.29, 1.82) is 0 Å². The van der Waals surface area contributed by atoms with Gasteiger partial charge in [-0.2, -0.15) is 0 Å². The van der Waals surface area contributed by atoms with Crippen molar-refractivity contribution < 1.29 is 19.2 Å². The molecule has 1 saturated heterocycles. The fourth-order valence-electron chi connectivity index (χ4n) is 3.84. The van der Waals surface area contributed by atoms with Gasteiger partial charge in [0.15, 0.2) is 0 Å². The molecule has 2 N–H and O–H groups in total. The number of amides is 4. The molecule has 0 spiro atoms. The molecule has 1 aliphatic heterocycles. The number of carbonyl (C=O) groups is 4. The zero-order valence-corrected chi connectivity index (χ0v) is 15.7. The fraction of sp³-hybridized carbons (Fsp3) is 0.429. The summed E-state index contributed by atoms with van der Waals surface area (Å²) in [5.74, 6) is -2.05. The number of imide groups is 1. The van der Waals surface area contributed by atoms with E-state index in [1.807, 2.05) is 12.2 Å². The first kappa shape index (κ1) is 18.4. The van der Waals surface area contributed by atoms with E-state index < -0.39 is 11.9 Å². The predicted molar refractivity (Wildman–Crippen MR) is 102 cm³/mol. The molecule has 1 aromatic rings. The molecule has 7 heteroatoms. The van der Waals surface area contributed by atoms with Crippen molar-refractivity contribution in [1.82, 2.24) is 10.2 Å². The first-order chi connectivity index (χ1) is 13.5. The first-order valence-electron chi connectivity index (χ1n) is 9.70. The Kier molecular flexibility index (Phi) is 4.75. The number of anilines is 1. The predicted octanol–water partition coefficient (Wildman–Crippen LogP) is 1.86. The van der Waals surface area contributed by atoms with Gasteiger partial charge in [0.05, 0.1) is 23.1 Å². The Labute approximate surface area is 163 Å². The molecule has 0 aromatic heterocycles. The van der Waals surface area contributed by atoms with Crippen LogP contribution in [0.1, 0.15) is 43.0 Å². The maximum Gasteiger partial charge on any atom is 0.253 e. The molecule has 7 nitrogen and oxygen atoms in total. The highest BCUT2D eigenvalue weighted by atomic mass is 16.2. The lowest BCUT2D eigenvalue weighted by Gasteiger charge is -2.23. The molecule has 4 rings (SSSR count). The molecule has 2 aliphatic carbocycles. The van der Waals surface area contributed by atoms with Crippen molar-refractivity contribution in [2.75, 3.05) is 5.32 Å². The minimum Gasteiger partial charge on any atom is -0.349 e. The molecule has 28 heavy (non-hydrogen) atoms. The Morgan fingerprint density at radius 1 is 1.04 bits per heavy atom. The molecule has 3 aliphatic rings. The van der Waals surface area contributed by atoms with Gasteiger partial charge in [0.1, 0.15) is 6.04 Å². The third kappa shape index (κ3) is 3.32. The van der Waals surface area contributed by atoms with Crippen LogP contribution in [0, 0.1) is 11.8 Å². The Balaban J connectivity index is 1.49. The highest BCUT2D eigenvalue weighted by Gasteiger charge is 2.50. The van der Waals surface area contributed by atoms with Crippen molar-refractivity contribution >= 4 is 29.3 Å². The Morgan fingerprint density at radius 2 is 1.64 bits per heavy atom. The van der Waals surface area contributed by atoms with Gasteiger partial charge in [0.25, 0.3) is 5.91 Å². The lowest BCUT2D eigenvalue weighted by molar-refractivity contribution is -0.146. The van der Waals surface area contributed by atoms with Gasteiger partial charge < -0.3 is 10.6 Å². The van der Waals surface area contributed by atoms with E-state index in [-0.39, 0.29) is 35.6 Å². The van der Waals surface area contributed by atoms with E-state index in [1.165, 1.54) is 0 Å². The standard InChI is InChI=1S/C21H23N3O4/c1-12(24-20(27)14-6-2-3-7-15(14)21(24)28)18(25)23-17-9-5-4-8-16(17)19(26)22-13-10-11-13/h2-5,8-9,12-15H,6-7,10-11H2,1H3,(H,22,26)(H,23,25)/t12-,14-,15-/m0/s1. The highest BCUT2D eigenvalue weighted by molar-refractivity contribution is 6.11. The molecule has 146 valence electrons. The molecule has 0 unspecified atom stereocenters. The van der Waals surface area contributed by atoms with Crippen molar-refractivity contribution in [2.45, 2.75) is 44.7 Å². The normalized spacial score (nSPS) is 24.7. The number of hydrogen-bond acceptors (Lipinski definition) is 4. The van der Waals surface area contributed by atoms with E-state index in [0.29, 0.717) is 24.1 Å². The van der Waals surface area contributed by atoms with E-state index in [1.54, 1.807) is 31.2 Å². The minimum absolute atomic E-state index is 0.201. The molecule has 0 radical (unpaired) electrons. The van der Waals surface area contributed by atoms with Crippen LogP contribution in [0.25, 0.3) is 0 Å². The second-order valence-corrected chi connectivity index (χ2v) is 7.66.